The molecule has 3 rings (SSSR count). The number of benzene rings is 1. The van der Waals surface area contributed by atoms with Crippen LogP contribution in [0.25, 0.3) is 0 Å². The Labute approximate surface area is 119 Å². The third-order valence-electron chi connectivity index (χ3n) is 3.99. The summed E-state index contributed by atoms with van der Waals surface area (Å²) >= 11 is 0. The summed E-state index contributed by atoms with van der Waals surface area (Å²) in [5.41, 5.74) is -0.969. The Morgan fingerprint density at radius 3 is 2.86 bits per heavy atom. The van der Waals surface area contributed by atoms with Crippen LogP contribution in [0.3, 0.4) is 0 Å². The number of alkyl halides is 3. The number of rotatable bonds is 2. The molecule has 0 saturated carbocycles. The topological polar surface area (TPSA) is 47.6 Å². The van der Waals surface area contributed by atoms with Gasteiger partial charge in [-0.05, 0) is 17.5 Å². The Hall–Kier alpha value is -1.60. The van der Waals surface area contributed by atoms with Gasteiger partial charge in [-0.3, -0.25) is 10.1 Å². The van der Waals surface area contributed by atoms with Gasteiger partial charge in [0.15, 0.2) is 0 Å². The number of carbonyl (C=O) groups is 1. The van der Waals surface area contributed by atoms with Gasteiger partial charge in [0, 0.05) is 6.04 Å². The number of nitrogens with one attached hydrogen (secondary N) is 1. The van der Waals surface area contributed by atoms with E-state index in [0.717, 1.165) is 18.2 Å². The first-order chi connectivity index (χ1) is 9.86. The van der Waals surface area contributed by atoms with Crippen LogP contribution in [0.2, 0.25) is 0 Å². The number of esters is 1. The average Bonchev–Trinajstić information content (AvgIpc) is 2.92. The van der Waals surface area contributed by atoms with Crippen molar-refractivity contribution < 1.29 is 27.4 Å². The van der Waals surface area contributed by atoms with Crippen LogP contribution in [0, 0.1) is 0 Å². The molecule has 1 heterocycles. The van der Waals surface area contributed by atoms with Crippen molar-refractivity contribution in [2.75, 3.05) is 7.11 Å². The summed E-state index contributed by atoms with van der Waals surface area (Å²) in [5.74, 6) is -0.965. The molecule has 1 fully saturated rings. The minimum Gasteiger partial charge on any atom is -0.469 e. The molecule has 7 heteroatoms. The van der Waals surface area contributed by atoms with Crippen molar-refractivity contribution in [1.82, 2.24) is 5.32 Å². The molecule has 0 bridgehead atoms. The van der Waals surface area contributed by atoms with Gasteiger partial charge in [-0.25, -0.2) is 0 Å². The van der Waals surface area contributed by atoms with Gasteiger partial charge in [0.05, 0.1) is 13.5 Å². The lowest BCUT2D eigenvalue weighted by atomic mass is 10.1. The Morgan fingerprint density at radius 1 is 1.48 bits per heavy atom. The summed E-state index contributed by atoms with van der Waals surface area (Å²) in [6, 6.07) is 6.73. The monoisotopic (exact) mass is 301 g/mol. The minimum atomic E-state index is -4.71. The number of fused-ring (bicyclic) bond motifs is 3. The number of carbonyl (C=O) groups excluding carboxylic acids is 1. The van der Waals surface area contributed by atoms with Crippen LogP contribution in [-0.2, 0) is 20.7 Å². The van der Waals surface area contributed by atoms with E-state index in [9.17, 15) is 18.0 Å². The fourth-order valence-corrected chi connectivity index (χ4v) is 3.00. The number of hydrogen-bond donors (Lipinski definition) is 1. The second-order valence-corrected chi connectivity index (χ2v) is 5.27. The molecule has 0 amide bonds. The Bertz CT molecular complexity index is 575. The molecule has 1 N–H and O–H groups in total. The fraction of sp³-hybridized carbons (Fsp3) is 0.500. The predicted octanol–water partition coefficient (Wildman–Crippen LogP) is 2.09. The van der Waals surface area contributed by atoms with Crippen molar-refractivity contribution in [2.45, 2.75) is 36.9 Å². The van der Waals surface area contributed by atoms with E-state index in [2.05, 4.69) is 10.1 Å². The smallest absolute Gasteiger partial charge is 0.431 e. The number of hydrogen-bond acceptors (Lipinski definition) is 4. The molecule has 0 radical (unpaired) electrons. The van der Waals surface area contributed by atoms with Crippen LogP contribution in [0.4, 0.5) is 13.2 Å². The quantitative estimate of drug-likeness (QED) is 0.850. The lowest BCUT2D eigenvalue weighted by molar-refractivity contribution is -0.282. The molecule has 114 valence electrons. The van der Waals surface area contributed by atoms with Gasteiger partial charge in [0.1, 0.15) is 6.10 Å². The second-order valence-electron chi connectivity index (χ2n) is 5.27. The summed E-state index contributed by atoms with van der Waals surface area (Å²) in [5, 5.41) is 2.47. The zero-order valence-electron chi connectivity index (χ0n) is 11.2. The summed E-state index contributed by atoms with van der Waals surface area (Å²) in [6.45, 7) is 0. The minimum absolute atomic E-state index is 0.444. The molecule has 0 unspecified atom stereocenters. The van der Waals surface area contributed by atoms with E-state index in [0.29, 0.717) is 6.42 Å². The highest BCUT2D eigenvalue weighted by Crippen LogP contribution is 2.48. The third-order valence-corrected chi connectivity index (χ3v) is 3.99. The zero-order valence-corrected chi connectivity index (χ0v) is 11.2. The third kappa shape index (κ3) is 2.20. The summed E-state index contributed by atoms with van der Waals surface area (Å²) in [4.78, 5) is 11.3. The van der Waals surface area contributed by atoms with E-state index in [4.69, 9.17) is 4.74 Å². The maximum Gasteiger partial charge on any atom is 0.431 e. The van der Waals surface area contributed by atoms with Gasteiger partial charge in [-0.2, -0.15) is 13.2 Å². The van der Waals surface area contributed by atoms with Gasteiger partial charge in [0.25, 0.3) is 0 Å². The van der Waals surface area contributed by atoms with Crippen LogP contribution in [-0.4, -0.2) is 31.0 Å². The molecule has 1 aromatic rings. The molecule has 1 aliphatic heterocycles. The molecule has 1 aliphatic carbocycles. The molecule has 1 saturated heterocycles. The first-order valence-corrected chi connectivity index (χ1v) is 6.53. The highest BCUT2D eigenvalue weighted by atomic mass is 19.4. The summed E-state index contributed by atoms with van der Waals surface area (Å²) in [7, 11) is 1.05. The molecule has 4 nitrogen and oxygen atoms in total. The van der Waals surface area contributed by atoms with Crippen LogP contribution >= 0.6 is 0 Å². The molecule has 0 spiro atoms. The van der Waals surface area contributed by atoms with Gasteiger partial charge in [0.2, 0.25) is 5.72 Å². The van der Waals surface area contributed by atoms with Gasteiger partial charge in [-0.15, -0.1) is 0 Å². The van der Waals surface area contributed by atoms with Crippen molar-refractivity contribution >= 4 is 5.97 Å². The SMILES string of the molecule is COC(=O)C[C@@]1(C(F)(F)F)N[C@H]2Cc3ccccc3[C@@H]2O1. The molecule has 3 atom stereocenters. The first kappa shape index (κ1) is 14.3. The van der Waals surface area contributed by atoms with E-state index >= 15 is 0 Å². The van der Waals surface area contributed by atoms with Crippen molar-refractivity contribution in [1.29, 1.82) is 0 Å². The second kappa shape index (κ2) is 4.71. The van der Waals surface area contributed by atoms with Crippen molar-refractivity contribution in [3.63, 3.8) is 0 Å². The molecule has 2 aliphatic rings. The van der Waals surface area contributed by atoms with Crippen LogP contribution in [0.5, 0.6) is 0 Å². The predicted molar refractivity (Wildman–Crippen MR) is 66.3 cm³/mol. The average molecular weight is 301 g/mol. The maximum absolute atomic E-state index is 13.4. The Kier molecular flexibility index (Phi) is 3.22. The van der Waals surface area contributed by atoms with Gasteiger partial charge >= 0.3 is 12.1 Å². The van der Waals surface area contributed by atoms with Crippen LogP contribution < -0.4 is 5.32 Å². The lowest BCUT2D eigenvalue weighted by Crippen LogP contribution is -2.57. The standard InChI is InChI=1S/C14H14F3NO3/c1-20-11(19)7-13(14(15,16)17)18-10-6-8-4-2-3-5-9(8)12(10)21-13/h2-5,10,12,18H,6-7H2,1H3/t10-,12-,13+/m0/s1. The zero-order chi connectivity index (χ0) is 15.3. The first-order valence-electron chi connectivity index (χ1n) is 6.53. The molecule has 21 heavy (non-hydrogen) atoms. The highest BCUT2D eigenvalue weighted by Gasteiger charge is 2.65. The van der Waals surface area contributed by atoms with Gasteiger partial charge < -0.3 is 9.47 Å². The van der Waals surface area contributed by atoms with Gasteiger partial charge in [-0.1, -0.05) is 24.3 Å². The lowest BCUT2D eigenvalue weighted by Gasteiger charge is -2.31. The molecular weight excluding hydrogens is 287 g/mol. The summed E-state index contributed by atoms with van der Waals surface area (Å²) in [6.07, 6.45) is -5.87. The van der Waals surface area contributed by atoms with Crippen molar-refractivity contribution in [3.05, 3.63) is 35.4 Å². The Balaban J connectivity index is 1.92. The van der Waals surface area contributed by atoms with E-state index in [1.54, 1.807) is 12.1 Å². The van der Waals surface area contributed by atoms with Crippen LogP contribution in [0.1, 0.15) is 23.7 Å². The van der Waals surface area contributed by atoms with E-state index in [-0.39, 0.29) is 0 Å². The molecule has 0 aromatic heterocycles. The van der Waals surface area contributed by atoms with Crippen molar-refractivity contribution in [2.24, 2.45) is 0 Å². The van der Waals surface area contributed by atoms with E-state index < -0.39 is 36.4 Å². The van der Waals surface area contributed by atoms with E-state index in [1.165, 1.54) is 0 Å². The molecule has 1 aromatic carbocycles. The van der Waals surface area contributed by atoms with Crippen LogP contribution in [0.15, 0.2) is 24.3 Å². The highest BCUT2D eigenvalue weighted by molar-refractivity contribution is 5.70. The number of methoxy groups -OCH3 is 1. The number of ether oxygens (including phenoxy) is 2. The maximum atomic E-state index is 13.4. The van der Waals surface area contributed by atoms with E-state index in [1.807, 2.05) is 12.1 Å². The fourth-order valence-electron chi connectivity index (χ4n) is 3.00. The van der Waals surface area contributed by atoms with Crippen molar-refractivity contribution in [3.8, 4) is 0 Å². The summed E-state index contributed by atoms with van der Waals surface area (Å²) < 4.78 is 49.9. The Morgan fingerprint density at radius 2 is 2.19 bits per heavy atom. The normalized spacial score (nSPS) is 30.9. The molecular formula is C14H14F3NO3. The largest absolute Gasteiger partial charge is 0.469 e. The number of halogens is 3.